The summed E-state index contributed by atoms with van der Waals surface area (Å²) in [6, 6.07) is 5.16. The lowest BCUT2D eigenvalue weighted by Crippen LogP contribution is -2.40. The van der Waals surface area contributed by atoms with E-state index in [1.54, 1.807) is 16.0 Å². The molecule has 0 bridgehead atoms. The minimum atomic E-state index is 0.692. The summed E-state index contributed by atoms with van der Waals surface area (Å²) in [5, 5.41) is 2.20. The average Bonchev–Trinajstić information content (AvgIpc) is 2.86. The lowest BCUT2D eigenvalue weighted by atomic mass is 9.81. The molecule has 1 nitrogen and oxygen atoms in total. The Labute approximate surface area is 108 Å². The first kappa shape index (κ1) is 11.5. The molecule has 0 aromatic carbocycles. The van der Waals surface area contributed by atoms with E-state index in [-0.39, 0.29) is 0 Å². The summed E-state index contributed by atoms with van der Waals surface area (Å²) in [5.41, 5.74) is 3.59. The molecule has 0 saturated heterocycles. The van der Waals surface area contributed by atoms with Gasteiger partial charge in [-0.3, -0.25) is 4.90 Å². The monoisotopic (exact) mass is 247 g/mol. The van der Waals surface area contributed by atoms with E-state index >= 15 is 0 Å². The normalized spacial score (nSPS) is 26.1. The third-order valence-electron chi connectivity index (χ3n) is 4.30. The van der Waals surface area contributed by atoms with Crippen LogP contribution in [-0.2, 0) is 6.42 Å². The molecule has 92 valence electrons. The van der Waals surface area contributed by atoms with Crippen molar-refractivity contribution in [3.8, 4) is 0 Å². The van der Waals surface area contributed by atoms with Crippen molar-refractivity contribution in [1.29, 1.82) is 0 Å². The highest BCUT2D eigenvalue weighted by Crippen LogP contribution is 2.35. The second-order valence-corrected chi connectivity index (χ2v) is 6.40. The quantitative estimate of drug-likeness (QED) is 0.717. The van der Waals surface area contributed by atoms with Crippen LogP contribution in [0.15, 0.2) is 28.7 Å². The van der Waals surface area contributed by atoms with Crippen LogP contribution in [0.2, 0.25) is 0 Å². The molecule has 0 radical (unpaired) electrons. The van der Waals surface area contributed by atoms with Crippen molar-refractivity contribution in [2.45, 2.75) is 44.6 Å². The Bertz CT molecular complexity index is 405. The standard InChI is InChI=1S/C15H21NS/c1-16-9-8-12-5-2-3-7-14(12)15(16)11-13-6-4-10-17-13/h4,6,10,15H,2-3,5,7-9,11H2,1H3. The molecule has 17 heavy (non-hydrogen) atoms. The fourth-order valence-electron chi connectivity index (χ4n) is 3.31. The lowest BCUT2D eigenvalue weighted by Gasteiger charge is -2.38. The Morgan fingerprint density at radius 2 is 2.18 bits per heavy atom. The highest BCUT2D eigenvalue weighted by atomic mass is 32.1. The molecule has 0 saturated carbocycles. The smallest absolute Gasteiger partial charge is 0.0355 e. The van der Waals surface area contributed by atoms with Crippen LogP contribution < -0.4 is 0 Å². The Kier molecular flexibility index (Phi) is 3.34. The maximum atomic E-state index is 2.57. The number of nitrogens with zero attached hydrogens (tertiary/aromatic N) is 1. The second kappa shape index (κ2) is 4.95. The van der Waals surface area contributed by atoms with Crippen molar-refractivity contribution < 1.29 is 0 Å². The third-order valence-corrected chi connectivity index (χ3v) is 5.20. The highest BCUT2D eigenvalue weighted by molar-refractivity contribution is 7.09. The second-order valence-electron chi connectivity index (χ2n) is 5.37. The lowest BCUT2D eigenvalue weighted by molar-refractivity contribution is 0.243. The minimum Gasteiger partial charge on any atom is -0.299 e. The first-order valence-corrected chi connectivity index (χ1v) is 7.66. The fraction of sp³-hybridized carbons (Fsp3) is 0.600. The van der Waals surface area contributed by atoms with Crippen molar-refractivity contribution in [2.24, 2.45) is 0 Å². The van der Waals surface area contributed by atoms with Gasteiger partial charge in [-0.2, -0.15) is 0 Å². The molecule has 1 unspecified atom stereocenters. The Hall–Kier alpha value is -0.600. The first-order chi connectivity index (χ1) is 8.34. The summed E-state index contributed by atoms with van der Waals surface area (Å²) < 4.78 is 0. The van der Waals surface area contributed by atoms with Gasteiger partial charge in [0.25, 0.3) is 0 Å². The molecule has 2 heterocycles. The molecular formula is C15H21NS. The summed E-state index contributed by atoms with van der Waals surface area (Å²) in [5.74, 6) is 0. The minimum absolute atomic E-state index is 0.692. The van der Waals surface area contributed by atoms with E-state index in [1.165, 1.54) is 45.1 Å². The van der Waals surface area contributed by atoms with Crippen molar-refractivity contribution in [3.63, 3.8) is 0 Å². The number of thiophene rings is 1. The number of hydrogen-bond acceptors (Lipinski definition) is 2. The molecule has 0 amide bonds. The maximum absolute atomic E-state index is 2.57. The van der Waals surface area contributed by atoms with Crippen molar-refractivity contribution >= 4 is 11.3 Å². The summed E-state index contributed by atoms with van der Waals surface area (Å²) >= 11 is 1.91. The molecule has 1 aliphatic carbocycles. The van der Waals surface area contributed by atoms with Crippen LogP contribution in [0.4, 0.5) is 0 Å². The van der Waals surface area contributed by atoms with E-state index < -0.39 is 0 Å². The van der Waals surface area contributed by atoms with E-state index in [4.69, 9.17) is 0 Å². The zero-order valence-electron chi connectivity index (χ0n) is 10.6. The van der Waals surface area contributed by atoms with E-state index in [9.17, 15) is 0 Å². The molecule has 2 aliphatic rings. The Morgan fingerprint density at radius 3 is 3.00 bits per heavy atom. The van der Waals surface area contributed by atoms with Gasteiger partial charge in [0.2, 0.25) is 0 Å². The van der Waals surface area contributed by atoms with Gasteiger partial charge in [0.15, 0.2) is 0 Å². The van der Waals surface area contributed by atoms with Gasteiger partial charge in [-0.05, 0) is 50.6 Å². The molecule has 1 atom stereocenters. The van der Waals surface area contributed by atoms with Gasteiger partial charge in [0.1, 0.15) is 0 Å². The summed E-state index contributed by atoms with van der Waals surface area (Å²) in [7, 11) is 2.30. The summed E-state index contributed by atoms with van der Waals surface area (Å²) in [4.78, 5) is 4.12. The van der Waals surface area contributed by atoms with Crippen LogP contribution in [0, 0.1) is 0 Å². The number of likely N-dealkylation sites (N-methyl/N-ethyl adjacent to an activating group) is 1. The van der Waals surface area contributed by atoms with Crippen LogP contribution >= 0.6 is 11.3 Å². The van der Waals surface area contributed by atoms with Gasteiger partial charge in [0, 0.05) is 23.9 Å². The Balaban J connectivity index is 1.84. The van der Waals surface area contributed by atoms with Gasteiger partial charge in [-0.15, -0.1) is 11.3 Å². The topological polar surface area (TPSA) is 3.24 Å². The van der Waals surface area contributed by atoms with E-state index in [0.29, 0.717) is 6.04 Å². The molecule has 1 aliphatic heterocycles. The molecule has 3 rings (SSSR count). The van der Waals surface area contributed by atoms with Gasteiger partial charge >= 0.3 is 0 Å². The third kappa shape index (κ3) is 2.34. The first-order valence-electron chi connectivity index (χ1n) is 6.78. The molecule has 0 fully saturated rings. The van der Waals surface area contributed by atoms with Crippen molar-refractivity contribution in [3.05, 3.63) is 33.5 Å². The van der Waals surface area contributed by atoms with Gasteiger partial charge in [-0.25, -0.2) is 0 Å². The summed E-state index contributed by atoms with van der Waals surface area (Å²) in [6.45, 7) is 1.26. The number of rotatable bonds is 2. The van der Waals surface area contributed by atoms with Crippen LogP contribution in [-0.4, -0.2) is 24.5 Å². The van der Waals surface area contributed by atoms with E-state index in [1.807, 2.05) is 11.3 Å². The van der Waals surface area contributed by atoms with E-state index in [2.05, 4.69) is 29.5 Å². The van der Waals surface area contributed by atoms with Crippen LogP contribution in [0.3, 0.4) is 0 Å². The average molecular weight is 247 g/mol. The van der Waals surface area contributed by atoms with Crippen LogP contribution in [0.1, 0.15) is 37.0 Å². The van der Waals surface area contributed by atoms with Gasteiger partial charge < -0.3 is 0 Å². The predicted octanol–water partition coefficient (Wildman–Crippen LogP) is 3.87. The molecule has 0 spiro atoms. The van der Waals surface area contributed by atoms with E-state index in [0.717, 1.165) is 0 Å². The number of hydrogen-bond donors (Lipinski definition) is 0. The zero-order chi connectivity index (χ0) is 11.7. The molecule has 2 heteroatoms. The van der Waals surface area contributed by atoms with Gasteiger partial charge in [0.05, 0.1) is 0 Å². The van der Waals surface area contributed by atoms with Crippen LogP contribution in [0.5, 0.6) is 0 Å². The predicted molar refractivity (Wildman–Crippen MR) is 74.6 cm³/mol. The zero-order valence-corrected chi connectivity index (χ0v) is 11.4. The molecule has 1 aromatic rings. The van der Waals surface area contributed by atoms with Crippen molar-refractivity contribution in [1.82, 2.24) is 4.90 Å². The fourth-order valence-corrected chi connectivity index (χ4v) is 4.05. The summed E-state index contributed by atoms with van der Waals surface area (Å²) in [6.07, 6.45) is 8.13. The molecular weight excluding hydrogens is 226 g/mol. The highest BCUT2D eigenvalue weighted by Gasteiger charge is 2.28. The SMILES string of the molecule is CN1CCC2=C(CCCC2)C1Cc1cccs1. The molecule has 1 aromatic heterocycles. The van der Waals surface area contributed by atoms with Gasteiger partial charge in [-0.1, -0.05) is 17.2 Å². The van der Waals surface area contributed by atoms with Crippen molar-refractivity contribution in [2.75, 3.05) is 13.6 Å². The largest absolute Gasteiger partial charge is 0.299 e. The molecule has 0 N–H and O–H groups in total. The Morgan fingerprint density at radius 1 is 1.29 bits per heavy atom. The van der Waals surface area contributed by atoms with Crippen LogP contribution in [0.25, 0.3) is 0 Å². The maximum Gasteiger partial charge on any atom is 0.0355 e.